The molecular formula is C20H18Cl6. The van der Waals surface area contributed by atoms with E-state index in [2.05, 4.69) is 24.3 Å². The summed E-state index contributed by atoms with van der Waals surface area (Å²) in [5.41, 5.74) is 4.17. The fraction of sp³-hybridized carbons (Fsp3) is 0.500. The zero-order chi connectivity index (χ0) is 18.7. The minimum atomic E-state index is -1.08. The van der Waals surface area contributed by atoms with Crippen molar-refractivity contribution < 1.29 is 0 Å². The van der Waals surface area contributed by atoms with E-state index in [-0.39, 0.29) is 5.92 Å². The summed E-state index contributed by atoms with van der Waals surface area (Å²) in [4.78, 5) is -0.502. The van der Waals surface area contributed by atoms with Gasteiger partial charge in [-0.15, -0.1) is 69.6 Å². The van der Waals surface area contributed by atoms with E-state index < -0.39 is 18.9 Å². The SMILES string of the molecule is ClC(Cl)CC1=C2C=CCC[C@]23[C@@H](CC(Cl)(Cl)CC3(Cl)Cl)c2ccccc21. The maximum absolute atomic E-state index is 7.03. The number of hydrogen-bond donors (Lipinski definition) is 0. The molecule has 3 aliphatic carbocycles. The summed E-state index contributed by atoms with van der Waals surface area (Å²) in [6.45, 7) is 0. The minimum Gasteiger partial charge on any atom is -0.105 e. The molecule has 1 fully saturated rings. The molecule has 0 nitrogen and oxygen atoms in total. The molecule has 2 atom stereocenters. The monoisotopic (exact) mass is 468 g/mol. The van der Waals surface area contributed by atoms with E-state index in [1.807, 2.05) is 12.1 Å². The number of halogens is 6. The third kappa shape index (κ3) is 2.95. The second-order valence-corrected chi connectivity index (χ2v) is 11.9. The molecule has 0 aromatic heterocycles. The summed E-state index contributed by atoms with van der Waals surface area (Å²) in [6.07, 6.45) is 7.59. The average Bonchev–Trinajstić information content (AvgIpc) is 2.55. The lowest BCUT2D eigenvalue weighted by Gasteiger charge is -2.59. The maximum atomic E-state index is 7.03. The average molecular weight is 471 g/mol. The Kier molecular flexibility index (Phi) is 5.13. The fourth-order valence-electron chi connectivity index (χ4n) is 5.16. The highest BCUT2D eigenvalue weighted by Crippen LogP contribution is 2.71. The van der Waals surface area contributed by atoms with Crippen LogP contribution in [0.2, 0.25) is 0 Å². The number of benzene rings is 1. The van der Waals surface area contributed by atoms with Crippen molar-refractivity contribution >= 4 is 75.2 Å². The summed E-state index contributed by atoms with van der Waals surface area (Å²) >= 11 is 39.7. The third-order valence-electron chi connectivity index (χ3n) is 6.05. The van der Waals surface area contributed by atoms with Crippen LogP contribution in [0.3, 0.4) is 0 Å². The number of rotatable bonds is 2. The Labute approximate surface area is 184 Å². The predicted octanol–water partition coefficient (Wildman–Crippen LogP) is 8.21. The molecule has 3 aliphatic rings. The van der Waals surface area contributed by atoms with Crippen molar-refractivity contribution in [3.63, 3.8) is 0 Å². The van der Waals surface area contributed by atoms with Crippen molar-refractivity contribution in [3.8, 4) is 0 Å². The molecule has 6 heteroatoms. The van der Waals surface area contributed by atoms with Crippen molar-refractivity contribution in [1.29, 1.82) is 0 Å². The molecule has 0 bridgehead atoms. The molecule has 0 unspecified atom stereocenters. The number of allylic oxidation sites excluding steroid dienone is 4. The van der Waals surface area contributed by atoms with Crippen LogP contribution in [0.4, 0.5) is 0 Å². The van der Waals surface area contributed by atoms with Crippen molar-refractivity contribution in [2.75, 3.05) is 0 Å². The molecule has 0 saturated heterocycles. The number of hydrogen-bond acceptors (Lipinski definition) is 0. The summed E-state index contributed by atoms with van der Waals surface area (Å²) < 4.78 is -2.04. The molecule has 26 heavy (non-hydrogen) atoms. The first-order valence-electron chi connectivity index (χ1n) is 8.71. The first-order valence-corrected chi connectivity index (χ1v) is 11.1. The van der Waals surface area contributed by atoms with E-state index in [0.29, 0.717) is 19.3 Å². The van der Waals surface area contributed by atoms with Gasteiger partial charge < -0.3 is 0 Å². The van der Waals surface area contributed by atoms with Crippen LogP contribution in [0.15, 0.2) is 42.0 Å². The highest BCUT2D eigenvalue weighted by Gasteiger charge is 2.65. The minimum absolute atomic E-state index is 0.0465. The van der Waals surface area contributed by atoms with Crippen LogP contribution < -0.4 is 0 Å². The van der Waals surface area contributed by atoms with Gasteiger partial charge in [0.15, 0.2) is 0 Å². The number of alkyl halides is 6. The lowest BCUT2D eigenvalue weighted by molar-refractivity contribution is 0.157. The Morgan fingerprint density at radius 3 is 2.54 bits per heavy atom. The normalized spacial score (nSPS) is 31.4. The van der Waals surface area contributed by atoms with Gasteiger partial charge in [0.1, 0.15) is 13.5 Å². The standard InChI is InChI=1S/C20H18Cl6/c21-17(22)9-14-12-5-1-2-6-13(12)16-10-18(23,24)11-20(25,26)19(16)8-4-3-7-15(14)19/h1-3,5-7,16-17H,4,8-11H2/t16-,19+/m0/s1. The lowest BCUT2D eigenvalue weighted by Crippen LogP contribution is -2.55. The zero-order valence-corrected chi connectivity index (χ0v) is 18.5. The van der Waals surface area contributed by atoms with Gasteiger partial charge in [0.25, 0.3) is 0 Å². The molecule has 1 aromatic rings. The molecule has 0 aliphatic heterocycles. The van der Waals surface area contributed by atoms with Gasteiger partial charge in [-0.1, -0.05) is 36.4 Å². The Balaban J connectivity index is 2.04. The van der Waals surface area contributed by atoms with Crippen molar-refractivity contribution in [3.05, 3.63) is 53.1 Å². The molecular weight excluding hydrogens is 453 g/mol. The van der Waals surface area contributed by atoms with E-state index in [0.717, 1.165) is 29.6 Å². The molecule has 1 saturated carbocycles. The van der Waals surface area contributed by atoms with E-state index in [4.69, 9.17) is 69.6 Å². The molecule has 140 valence electrons. The predicted molar refractivity (Wildman–Crippen MR) is 115 cm³/mol. The molecule has 0 amide bonds. The van der Waals surface area contributed by atoms with Crippen LogP contribution in [0, 0.1) is 5.41 Å². The molecule has 1 aromatic carbocycles. The highest BCUT2D eigenvalue weighted by molar-refractivity contribution is 6.53. The molecule has 0 radical (unpaired) electrons. The van der Waals surface area contributed by atoms with Gasteiger partial charge in [0.05, 0.1) is 0 Å². The summed E-state index contributed by atoms with van der Waals surface area (Å²) in [6, 6.07) is 8.31. The van der Waals surface area contributed by atoms with Crippen LogP contribution in [-0.2, 0) is 0 Å². The van der Waals surface area contributed by atoms with Crippen molar-refractivity contribution in [2.45, 2.75) is 51.5 Å². The third-order valence-corrected chi connectivity index (χ3v) is 7.87. The van der Waals surface area contributed by atoms with E-state index in [1.54, 1.807) is 0 Å². The first kappa shape index (κ1) is 19.7. The highest BCUT2D eigenvalue weighted by atomic mass is 35.5. The van der Waals surface area contributed by atoms with E-state index in [1.165, 1.54) is 5.56 Å². The molecule has 1 spiro atoms. The van der Waals surface area contributed by atoms with E-state index in [9.17, 15) is 0 Å². The smallest absolute Gasteiger partial charge is 0.105 e. The van der Waals surface area contributed by atoms with Gasteiger partial charge in [-0.25, -0.2) is 0 Å². The number of fused-ring (bicyclic) bond motifs is 2. The summed E-state index contributed by atoms with van der Waals surface area (Å²) in [5, 5.41) is 0. The van der Waals surface area contributed by atoms with Gasteiger partial charge in [-0.3, -0.25) is 0 Å². The molecule has 0 N–H and O–H groups in total. The van der Waals surface area contributed by atoms with Crippen LogP contribution >= 0.6 is 69.6 Å². The summed E-state index contributed by atoms with van der Waals surface area (Å²) in [5.74, 6) is 0.0465. The Morgan fingerprint density at radius 2 is 1.81 bits per heavy atom. The fourth-order valence-corrected chi connectivity index (χ4v) is 7.56. The van der Waals surface area contributed by atoms with Crippen LogP contribution in [0.5, 0.6) is 0 Å². The maximum Gasteiger partial charge on any atom is 0.131 e. The van der Waals surface area contributed by atoms with E-state index >= 15 is 0 Å². The largest absolute Gasteiger partial charge is 0.131 e. The summed E-state index contributed by atoms with van der Waals surface area (Å²) in [7, 11) is 0. The Morgan fingerprint density at radius 1 is 1.08 bits per heavy atom. The van der Waals surface area contributed by atoms with Crippen LogP contribution in [0.1, 0.15) is 49.1 Å². The Hall–Kier alpha value is 0.440. The van der Waals surface area contributed by atoms with Gasteiger partial charge >= 0.3 is 0 Å². The van der Waals surface area contributed by atoms with Crippen LogP contribution in [0.25, 0.3) is 5.57 Å². The van der Waals surface area contributed by atoms with Gasteiger partial charge in [-0.2, -0.15) is 0 Å². The second-order valence-electron chi connectivity index (χ2n) is 7.48. The lowest BCUT2D eigenvalue weighted by atomic mass is 9.52. The van der Waals surface area contributed by atoms with Crippen molar-refractivity contribution in [2.24, 2.45) is 5.41 Å². The molecule has 4 rings (SSSR count). The van der Waals surface area contributed by atoms with Gasteiger partial charge in [0, 0.05) is 18.3 Å². The van der Waals surface area contributed by atoms with Crippen LogP contribution in [-0.4, -0.2) is 13.5 Å². The van der Waals surface area contributed by atoms with Gasteiger partial charge in [0.2, 0.25) is 0 Å². The second kappa shape index (κ2) is 6.75. The topological polar surface area (TPSA) is 0 Å². The first-order chi connectivity index (χ1) is 12.2. The molecule has 0 heterocycles. The van der Waals surface area contributed by atoms with Gasteiger partial charge in [-0.05, 0) is 47.5 Å². The zero-order valence-electron chi connectivity index (χ0n) is 13.9. The quantitative estimate of drug-likeness (QED) is 0.382. The Bertz CT molecular complexity index is 791. The van der Waals surface area contributed by atoms with Crippen molar-refractivity contribution in [1.82, 2.24) is 0 Å².